The Bertz CT molecular complexity index is 976. The Morgan fingerprint density at radius 3 is 2.89 bits per heavy atom. The molecule has 0 saturated heterocycles. The van der Waals surface area contributed by atoms with E-state index < -0.39 is 5.79 Å². The lowest BCUT2D eigenvalue weighted by Crippen LogP contribution is -2.43. The monoisotopic (exact) mass is 361 g/mol. The SMILES string of the molecule is Cc1ccc(-c2cc(Cc3cccc4c3O[C@@]3(O)CCC[C@@H]4C3)on2)cc1. The summed E-state index contributed by atoms with van der Waals surface area (Å²) in [6, 6.07) is 16.5. The van der Waals surface area contributed by atoms with Crippen LogP contribution < -0.4 is 4.74 Å². The van der Waals surface area contributed by atoms with Crippen molar-refractivity contribution >= 4 is 0 Å². The minimum atomic E-state index is -1.01. The predicted octanol–water partition coefficient (Wildman–Crippen LogP) is 4.98. The van der Waals surface area contributed by atoms with Gasteiger partial charge in [0.15, 0.2) is 0 Å². The van der Waals surface area contributed by atoms with Gasteiger partial charge in [-0.05, 0) is 31.2 Å². The largest absolute Gasteiger partial charge is 0.462 e. The van der Waals surface area contributed by atoms with Crippen LogP contribution in [-0.2, 0) is 6.42 Å². The van der Waals surface area contributed by atoms with Crippen LogP contribution in [0.1, 0.15) is 54.1 Å². The van der Waals surface area contributed by atoms with Crippen LogP contribution in [0.3, 0.4) is 0 Å². The highest BCUT2D eigenvalue weighted by Gasteiger charge is 2.43. The van der Waals surface area contributed by atoms with Gasteiger partial charge in [-0.3, -0.25) is 0 Å². The molecule has 1 fully saturated rings. The van der Waals surface area contributed by atoms with E-state index >= 15 is 0 Å². The van der Waals surface area contributed by atoms with Gasteiger partial charge in [0.2, 0.25) is 5.79 Å². The second kappa shape index (κ2) is 6.24. The number of aromatic nitrogens is 1. The van der Waals surface area contributed by atoms with E-state index in [-0.39, 0.29) is 0 Å². The number of hydrogen-bond donors (Lipinski definition) is 1. The van der Waals surface area contributed by atoms with Crippen LogP contribution in [0.25, 0.3) is 11.3 Å². The van der Waals surface area contributed by atoms with Crippen LogP contribution in [0.15, 0.2) is 53.1 Å². The van der Waals surface area contributed by atoms with Gasteiger partial charge in [-0.15, -0.1) is 0 Å². The molecule has 1 aliphatic heterocycles. The summed E-state index contributed by atoms with van der Waals surface area (Å²) < 4.78 is 11.7. The van der Waals surface area contributed by atoms with Gasteiger partial charge in [-0.25, -0.2) is 0 Å². The van der Waals surface area contributed by atoms with E-state index in [2.05, 4.69) is 54.5 Å². The van der Waals surface area contributed by atoms with E-state index in [4.69, 9.17) is 9.26 Å². The standard InChI is InChI=1S/C23H23NO3/c1-15-7-9-16(10-8-15)21-13-19(27-24-21)12-17-4-2-6-20-18-5-3-11-23(25,14-18)26-22(17)20/h2,4,6-10,13,18,25H,3,5,11-12,14H2,1H3/t18-,23+/m1/s1. The molecule has 1 aromatic heterocycles. The summed E-state index contributed by atoms with van der Waals surface area (Å²) in [5.74, 6) is 1.00. The zero-order valence-electron chi connectivity index (χ0n) is 15.4. The number of hydrogen-bond acceptors (Lipinski definition) is 4. The van der Waals surface area contributed by atoms with Crippen molar-refractivity contribution in [2.24, 2.45) is 0 Å². The number of para-hydroxylation sites is 1. The molecule has 0 amide bonds. The summed E-state index contributed by atoms with van der Waals surface area (Å²) in [5.41, 5.74) is 5.37. The molecule has 5 rings (SSSR count). The molecule has 2 heterocycles. The number of aryl methyl sites for hydroxylation is 1. The molecule has 0 spiro atoms. The smallest absolute Gasteiger partial charge is 0.208 e. The molecular formula is C23H23NO3. The highest BCUT2D eigenvalue weighted by Crippen LogP contribution is 2.49. The van der Waals surface area contributed by atoms with Crippen LogP contribution in [0, 0.1) is 6.92 Å². The summed E-state index contributed by atoms with van der Waals surface area (Å²) in [4.78, 5) is 0. The highest BCUT2D eigenvalue weighted by molar-refractivity contribution is 5.59. The summed E-state index contributed by atoms with van der Waals surface area (Å²) in [5, 5.41) is 15.0. The van der Waals surface area contributed by atoms with Gasteiger partial charge in [0.25, 0.3) is 0 Å². The first-order valence-electron chi connectivity index (χ1n) is 9.65. The molecule has 2 bridgehead atoms. The molecule has 0 unspecified atom stereocenters. The molecule has 0 radical (unpaired) electrons. The molecule has 2 aromatic carbocycles. The third kappa shape index (κ3) is 3.04. The molecule has 3 aromatic rings. The van der Waals surface area contributed by atoms with Crippen LogP contribution in [0.2, 0.25) is 0 Å². The average molecular weight is 361 g/mol. The van der Waals surface area contributed by atoms with E-state index in [1.54, 1.807) is 0 Å². The van der Waals surface area contributed by atoms with E-state index in [1.165, 1.54) is 11.1 Å². The van der Waals surface area contributed by atoms with Crippen molar-refractivity contribution in [3.8, 4) is 17.0 Å². The minimum Gasteiger partial charge on any atom is -0.462 e. The van der Waals surface area contributed by atoms with Crippen LogP contribution in [-0.4, -0.2) is 16.1 Å². The first-order chi connectivity index (χ1) is 13.1. The molecule has 138 valence electrons. The zero-order chi connectivity index (χ0) is 18.4. The molecule has 2 aliphatic rings. The Kier molecular flexibility index (Phi) is 3.83. The number of ether oxygens (including phenoxy) is 1. The van der Waals surface area contributed by atoms with Crippen molar-refractivity contribution in [2.75, 3.05) is 0 Å². The first-order valence-corrected chi connectivity index (χ1v) is 9.65. The van der Waals surface area contributed by atoms with Crippen molar-refractivity contribution in [3.05, 3.63) is 71.0 Å². The average Bonchev–Trinajstić information content (AvgIpc) is 3.11. The Balaban J connectivity index is 1.45. The fourth-order valence-corrected chi connectivity index (χ4v) is 4.40. The molecule has 1 saturated carbocycles. The molecule has 1 N–H and O–H groups in total. The normalized spacial score (nSPS) is 23.6. The maximum absolute atomic E-state index is 10.8. The van der Waals surface area contributed by atoms with Gasteiger partial charge in [-0.2, -0.15) is 0 Å². The second-order valence-electron chi connectivity index (χ2n) is 7.90. The van der Waals surface area contributed by atoms with E-state index in [0.717, 1.165) is 41.2 Å². The molecule has 2 atom stereocenters. The molecule has 4 nitrogen and oxygen atoms in total. The lowest BCUT2D eigenvalue weighted by atomic mass is 9.77. The van der Waals surface area contributed by atoms with Crippen molar-refractivity contribution in [1.82, 2.24) is 5.16 Å². The summed E-state index contributed by atoms with van der Waals surface area (Å²) >= 11 is 0. The number of rotatable bonds is 3. The summed E-state index contributed by atoms with van der Waals surface area (Å²) in [6.45, 7) is 2.07. The third-order valence-corrected chi connectivity index (χ3v) is 5.82. The third-order valence-electron chi connectivity index (χ3n) is 5.82. The van der Waals surface area contributed by atoms with E-state index in [9.17, 15) is 5.11 Å². The van der Waals surface area contributed by atoms with Crippen molar-refractivity contribution in [2.45, 2.75) is 50.7 Å². The Morgan fingerprint density at radius 1 is 1.19 bits per heavy atom. The van der Waals surface area contributed by atoms with E-state index in [0.29, 0.717) is 25.2 Å². The highest BCUT2D eigenvalue weighted by atomic mass is 16.6. The summed E-state index contributed by atoms with van der Waals surface area (Å²) in [7, 11) is 0. The molecule has 27 heavy (non-hydrogen) atoms. The fourth-order valence-electron chi connectivity index (χ4n) is 4.40. The van der Waals surface area contributed by atoms with Gasteiger partial charge in [-0.1, -0.05) is 53.2 Å². The Hall–Kier alpha value is -2.59. The maximum Gasteiger partial charge on any atom is 0.208 e. The Labute approximate surface area is 158 Å². The lowest BCUT2D eigenvalue weighted by Gasteiger charge is -2.43. The van der Waals surface area contributed by atoms with E-state index in [1.807, 2.05) is 6.07 Å². The topological polar surface area (TPSA) is 55.5 Å². The van der Waals surface area contributed by atoms with Gasteiger partial charge in [0.1, 0.15) is 17.2 Å². The van der Waals surface area contributed by atoms with Crippen molar-refractivity contribution in [3.63, 3.8) is 0 Å². The number of aliphatic hydroxyl groups is 1. The number of benzene rings is 2. The van der Waals surface area contributed by atoms with Crippen molar-refractivity contribution in [1.29, 1.82) is 0 Å². The van der Waals surface area contributed by atoms with Gasteiger partial charge >= 0.3 is 0 Å². The fraction of sp³-hybridized carbons (Fsp3) is 0.348. The van der Waals surface area contributed by atoms with Gasteiger partial charge < -0.3 is 14.4 Å². The number of fused-ring (bicyclic) bond motifs is 4. The van der Waals surface area contributed by atoms with Crippen molar-refractivity contribution < 1.29 is 14.4 Å². The second-order valence-corrected chi connectivity index (χ2v) is 7.90. The maximum atomic E-state index is 10.8. The Morgan fingerprint density at radius 2 is 2.04 bits per heavy atom. The van der Waals surface area contributed by atoms with Crippen LogP contribution in [0.4, 0.5) is 0 Å². The first kappa shape index (κ1) is 16.6. The predicted molar refractivity (Wildman–Crippen MR) is 103 cm³/mol. The van der Waals surface area contributed by atoms with Gasteiger partial charge in [0.05, 0.1) is 0 Å². The lowest BCUT2D eigenvalue weighted by molar-refractivity contribution is -0.173. The number of nitrogens with zero attached hydrogens (tertiary/aromatic N) is 1. The zero-order valence-corrected chi connectivity index (χ0v) is 15.4. The molecule has 1 aliphatic carbocycles. The quantitative estimate of drug-likeness (QED) is 0.715. The summed E-state index contributed by atoms with van der Waals surface area (Å²) in [6.07, 6.45) is 4.13. The van der Waals surface area contributed by atoms with Gasteiger partial charge in [0, 0.05) is 36.5 Å². The van der Waals surface area contributed by atoms with Crippen LogP contribution >= 0.6 is 0 Å². The molecule has 4 heteroatoms. The minimum absolute atomic E-state index is 0.380. The molecular weight excluding hydrogens is 338 g/mol. The van der Waals surface area contributed by atoms with Crippen LogP contribution in [0.5, 0.6) is 5.75 Å².